The monoisotopic (exact) mass is 681 g/mol. The minimum absolute atomic E-state index is 0.269. The Morgan fingerprint density at radius 2 is 1.37 bits per heavy atom. The highest BCUT2D eigenvalue weighted by molar-refractivity contribution is 7.10. The van der Waals surface area contributed by atoms with Crippen LogP contribution in [0.2, 0.25) is 0 Å². The largest absolute Gasteiger partial charge is 0.488 e. The van der Waals surface area contributed by atoms with Gasteiger partial charge in [-0.05, 0) is 71.0 Å². The zero-order valence-electron chi connectivity index (χ0n) is 28.1. The normalized spacial score (nSPS) is 18.9. The number of allylic oxidation sites excluding steroid dienone is 1. The molecule has 1 aliphatic carbocycles. The summed E-state index contributed by atoms with van der Waals surface area (Å²) in [7, 11) is 0. The van der Waals surface area contributed by atoms with Crippen molar-refractivity contribution in [1.29, 1.82) is 0 Å². The van der Waals surface area contributed by atoms with Gasteiger partial charge in [0.2, 0.25) is 0 Å². The molecule has 1 aliphatic rings. The second-order valence-electron chi connectivity index (χ2n) is 12.6. The second kappa shape index (κ2) is 13.8. The zero-order valence-corrected chi connectivity index (χ0v) is 28.9. The summed E-state index contributed by atoms with van der Waals surface area (Å²) in [6, 6.07) is 46.7. The molecule has 4 heterocycles. The molecule has 0 saturated carbocycles. The first kappa shape index (κ1) is 32.3. The van der Waals surface area contributed by atoms with Gasteiger partial charge in [0.1, 0.15) is 18.0 Å². The molecule has 0 amide bonds. The van der Waals surface area contributed by atoms with Gasteiger partial charge in [-0.3, -0.25) is 15.0 Å². The van der Waals surface area contributed by atoms with Crippen LogP contribution in [0, 0.1) is 6.92 Å². The molecule has 8 rings (SSSR count). The summed E-state index contributed by atoms with van der Waals surface area (Å²) in [6.07, 6.45) is 8.99. The van der Waals surface area contributed by atoms with Gasteiger partial charge in [-0.15, -0.1) is 11.3 Å². The van der Waals surface area contributed by atoms with E-state index in [1.165, 1.54) is 0 Å². The minimum atomic E-state index is -1.75. The first-order valence-corrected chi connectivity index (χ1v) is 17.8. The molecule has 3 aromatic carbocycles. The smallest absolute Gasteiger partial charge is 0.137 e. The summed E-state index contributed by atoms with van der Waals surface area (Å²) in [5.74, 6) is 0.546. The van der Waals surface area contributed by atoms with E-state index in [4.69, 9.17) is 9.72 Å². The molecular weight excluding hydrogens is 647 g/mol. The van der Waals surface area contributed by atoms with Crippen molar-refractivity contribution in [3.63, 3.8) is 0 Å². The third-order valence-electron chi connectivity index (χ3n) is 9.62. The molecule has 0 fully saturated rings. The Kier molecular flexibility index (Phi) is 8.70. The maximum atomic E-state index is 14.6. The number of rotatable bonds is 9. The fraction of sp³-hybridized carbons (Fsp3) is 0.0889. The number of aryl methyl sites for hydroxylation is 1. The van der Waals surface area contributed by atoms with Crippen LogP contribution in [0.4, 0.5) is 0 Å². The van der Waals surface area contributed by atoms with Crippen LogP contribution in [0.5, 0.6) is 0 Å². The summed E-state index contributed by atoms with van der Waals surface area (Å²) in [5.41, 5.74) is 5.32. The van der Waals surface area contributed by atoms with Gasteiger partial charge in [0.15, 0.2) is 0 Å². The van der Waals surface area contributed by atoms with E-state index in [9.17, 15) is 5.11 Å². The van der Waals surface area contributed by atoms with E-state index in [0.29, 0.717) is 17.0 Å². The van der Waals surface area contributed by atoms with Crippen molar-refractivity contribution in [2.75, 3.05) is 0 Å². The molecule has 2 unspecified atom stereocenters. The van der Waals surface area contributed by atoms with Crippen molar-refractivity contribution in [2.45, 2.75) is 24.5 Å². The Hall–Kier alpha value is -5.95. The Labute approximate surface area is 302 Å². The lowest BCUT2D eigenvalue weighted by Crippen LogP contribution is -2.54. The first-order valence-electron chi connectivity index (χ1n) is 16.9. The maximum Gasteiger partial charge on any atom is 0.137 e. The van der Waals surface area contributed by atoms with Gasteiger partial charge in [0, 0.05) is 58.1 Å². The topological polar surface area (TPSA) is 68.1 Å². The van der Waals surface area contributed by atoms with Crippen LogP contribution in [0.25, 0.3) is 16.7 Å². The quantitative estimate of drug-likeness (QED) is 0.164. The van der Waals surface area contributed by atoms with E-state index < -0.39 is 11.0 Å². The summed E-state index contributed by atoms with van der Waals surface area (Å²) < 4.78 is 7.13. The molecule has 0 spiro atoms. The van der Waals surface area contributed by atoms with Crippen LogP contribution < -0.4 is 0 Å². The summed E-state index contributed by atoms with van der Waals surface area (Å²) in [6.45, 7) is 2.33. The fourth-order valence-corrected chi connectivity index (χ4v) is 8.45. The second-order valence-corrected chi connectivity index (χ2v) is 13.5. The molecule has 2 atom stereocenters. The molecule has 0 radical (unpaired) electrons. The Balaban J connectivity index is 1.64. The van der Waals surface area contributed by atoms with E-state index in [1.807, 2.05) is 97.3 Å². The summed E-state index contributed by atoms with van der Waals surface area (Å²) >= 11 is 1.61. The van der Waals surface area contributed by atoms with Crippen molar-refractivity contribution in [1.82, 2.24) is 15.0 Å². The number of pyridine rings is 3. The van der Waals surface area contributed by atoms with Crippen molar-refractivity contribution < 1.29 is 9.84 Å². The van der Waals surface area contributed by atoms with Gasteiger partial charge in [-0.2, -0.15) is 0 Å². The molecule has 0 bridgehead atoms. The van der Waals surface area contributed by atoms with E-state index in [0.717, 1.165) is 49.4 Å². The van der Waals surface area contributed by atoms with E-state index in [-0.39, 0.29) is 6.61 Å². The average Bonchev–Trinajstić information content (AvgIpc) is 3.74. The Morgan fingerprint density at radius 1 is 0.627 bits per heavy atom. The molecule has 1 N–H and O–H groups in total. The number of benzene rings is 3. The molecule has 7 aromatic rings. The molecular formula is C45H35N3O2S. The van der Waals surface area contributed by atoms with Gasteiger partial charge in [0.05, 0.1) is 11.1 Å². The zero-order chi connectivity index (χ0) is 34.7. The highest BCUT2D eigenvalue weighted by Gasteiger charge is 2.64. The lowest BCUT2D eigenvalue weighted by molar-refractivity contribution is 0.0494. The van der Waals surface area contributed by atoms with E-state index >= 15 is 0 Å². The standard InChI is InChI=1S/C45H35N3O2S/c1-32-19-21-37(22-20-32)45(49)41(34-23-27-46-28-24-34)43(50-31-33-12-4-2-5-13-33)40(35-14-10-25-47-30-35)42(38-17-8-9-26-48-38)44(45,39-18-11-29-51-39)36-15-6-3-7-16-36/h2-30,49H,31H2,1H3. The number of ether oxygens (including phenoxy) is 1. The van der Waals surface area contributed by atoms with Crippen molar-refractivity contribution in [3.05, 3.63) is 226 Å². The third kappa shape index (κ3) is 5.50. The molecule has 51 heavy (non-hydrogen) atoms. The van der Waals surface area contributed by atoms with E-state index in [1.54, 1.807) is 29.9 Å². The lowest BCUT2D eigenvalue weighted by Gasteiger charge is -2.54. The van der Waals surface area contributed by atoms with Gasteiger partial charge < -0.3 is 9.84 Å². The number of hydrogen-bond acceptors (Lipinski definition) is 6. The molecule has 6 heteroatoms. The number of nitrogens with zero attached hydrogens (tertiary/aromatic N) is 3. The first-order chi connectivity index (χ1) is 25.1. The average molecular weight is 682 g/mol. The number of hydrogen-bond donors (Lipinski definition) is 1. The number of aliphatic hydroxyl groups is 1. The fourth-order valence-electron chi connectivity index (χ4n) is 7.44. The maximum absolute atomic E-state index is 14.6. The highest BCUT2D eigenvalue weighted by atomic mass is 32.1. The van der Waals surface area contributed by atoms with Crippen molar-refractivity contribution >= 4 is 28.1 Å². The number of thiophene rings is 1. The highest BCUT2D eigenvalue weighted by Crippen LogP contribution is 2.66. The predicted octanol–water partition coefficient (Wildman–Crippen LogP) is 9.67. The lowest BCUT2D eigenvalue weighted by atomic mass is 9.51. The van der Waals surface area contributed by atoms with Crippen LogP contribution in [-0.2, 0) is 22.4 Å². The van der Waals surface area contributed by atoms with Crippen LogP contribution in [0.1, 0.15) is 44.0 Å². The van der Waals surface area contributed by atoms with Gasteiger partial charge in [0.25, 0.3) is 0 Å². The minimum Gasteiger partial charge on any atom is -0.488 e. The van der Waals surface area contributed by atoms with E-state index in [2.05, 4.69) is 76.9 Å². The summed E-state index contributed by atoms with van der Waals surface area (Å²) in [4.78, 5) is 15.0. The van der Waals surface area contributed by atoms with Crippen molar-refractivity contribution in [3.8, 4) is 0 Å². The molecule has 0 saturated heterocycles. The van der Waals surface area contributed by atoms with Crippen LogP contribution in [0.15, 0.2) is 182 Å². The third-order valence-corrected chi connectivity index (χ3v) is 10.6. The molecule has 0 aliphatic heterocycles. The van der Waals surface area contributed by atoms with Gasteiger partial charge in [-0.25, -0.2) is 0 Å². The van der Waals surface area contributed by atoms with Crippen LogP contribution in [-0.4, -0.2) is 20.1 Å². The summed E-state index contributed by atoms with van der Waals surface area (Å²) in [5, 5.41) is 16.7. The SMILES string of the molecule is Cc1ccc(C2(O)C(c3ccncc3)=C(OCc3ccccc3)C(c3cccnc3)=C(c3ccccn3)C2(c2ccccc2)c2cccs2)cc1. The Morgan fingerprint density at radius 3 is 2.04 bits per heavy atom. The van der Waals surface area contributed by atoms with Crippen LogP contribution in [0.3, 0.4) is 0 Å². The van der Waals surface area contributed by atoms with Crippen molar-refractivity contribution in [2.24, 2.45) is 0 Å². The molecule has 4 aromatic heterocycles. The van der Waals surface area contributed by atoms with Gasteiger partial charge in [-0.1, -0.05) is 109 Å². The predicted molar refractivity (Wildman–Crippen MR) is 204 cm³/mol. The van der Waals surface area contributed by atoms with Gasteiger partial charge >= 0.3 is 0 Å². The van der Waals surface area contributed by atoms with Crippen LogP contribution >= 0.6 is 11.3 Å². The molecule has 248 valence electrons. The molecule has 5 nitrogen and oxygen atoms in total. The number of aromatic nitrogens is 3. The Bertz CT molecular complexity index is 2290.